The van der Waals surface area contributed by atoms with Gasteiger partial charge in [0.1, 0.15) is 6.04 Å². The number of rotatable bonds is 6. The highest BCUT2D eigenvalue weighted by Crippen LogP contribution is 2.30. The van der Waals surface area contributed by atoms with Crippen LogP contribution in [0.4, 0.5) is 13.2 Å². The molecular weight excluding hydrogens is 263 g/mol. The van der Waals surface area contributed by atoms with E-state index in [-0.39, 0.29) is 19.2 Å². The molecule has 0 aliphatic carbocycles. The Balaban J connectivity index is 2.65. The Morgan fingerprint density at radius 2 is 2.21 bits per heavy atom. The van der Waals surface area contributed by atoms with Crippen molar-refractivity contribution in [2.75, 3.05) is 19.7 Å². The highest BCUT2D eigenvalue weighted by molar-refractivity contribution is 5.67. The second-order valence-corrected chi connectivity index (χ2v) is 4.79. The smallest absolute Gasteiger partial charge is 0.404 e. The van der Waals surface area contributed by atoms with Crippen LogP contribution in [-0.4, -0.2) is 54.0 Å². The summed E-state index contributed by atoms with van der Waals surface area (Å²) in [6.07, 6.45) is -3.52. The van der Waals surface area contributed by atoms with E-state index in [4.69, 9.17) is 9.84 Å². The zero-order chi connectivity index (χ0) is 14.5. The van der Waals surface area contributed by atoms with Gasteiger partial charge in [0.15, 0.2) is 0 Å². The SMILES string of the molecule is CCCOC1CCCN(C(CC(=O)O)C(F)(F)F)C1. The van der Waals surface area contributed by atoms with Gasteiger partial charge in [0, 0.05) is 13.2 Å². The third-order valence-electron chi connectivity index (χ3n) is 3.15. The molecule has 1 rings (SSSR count). The highest BCUT2D eigenvalue weighted by atomic mass is 19.4. The highest BCUT2D eigenvalue weighted by Gasteiger charge is 2.45. The maximum atomic E-state index is 12.9. The quantitative estimate of drug-likeness (QED) is 0.812. The van der Waals surface area contributed by atoms with Gasteiger partial charge in [-0.25, -0.2) is 0 Å². The predicted molar refractivity (Wildman–Crippen MR) is 62.9 cm³/mol. The number of carboxylic acids is 1. The fraction of sp³-hybridized carbons (Fsp3) is 0.917. The Morgan fingerprint density at radius 3 is 2.74 bits per heavy atom. The summed E-state index contributed by atoms with van der Waals surface area (Å²) in [6, 6.07) is -1.92. The van der Waals surface area contributed by atoms with E-state index in [0.29, 0.717) is 13.0 Å². The number of halogens is 3. The monoisotopic (exact) mass is 283 g/mol. The van der Waals surface area contributed by atoms with Gasteiger partial charge in [0.2, 0.25) is 0 Å². The number of nitrogens with zero attached hydrogens (tertiary/aromatic N) is 1. The summed E-state index contributed by atoms with van der Waals surface area (Å²) in [6.45, 7) is 2.87. The molecule has 112 valence electrons. The number of piperidine rings is 1. The van der Waals surface area contributed by atoms with Crippen LogP contribution in [0.5, 0.6) is 0 Å². The van der Waals surface area contributed by atoms with Crippen molar-refractivity contribution in [3.05, 3.63) is 0 Å². The van der Waals surface area contributed by atoms with Crippen molar-refractivity contribution in [3.63, 3.8) is 0 Å². The minimum Gasteiger partial charge on any atom is -0.481 e. The Hall–Kier alpha value is -0.820. The molecule has 4 nitrogen and oxygen atoms in total. The molecule has 19 heavy (non-hydrogen) atoms. The van der Waals surface area contributed by atoms with Crippen LogP contribution in [0.15, 0.2) is 0 Å². The van der Waals surface area contributed by atoms with Crippen LogP contribution >= 0.6 is 0 Å². The maximum absolute atomic E-state index is 12.9. The summed E-state index contributed by atoms with van der Waals surface area (Å²) in [5.41, 5.74) is 0. The zero-order valence-corrected chi connectivity index (χ0v) is 10.9. The molecule has 1 N–H and O–H groups in total. The van der Waals surface area contributed by atoms with Crippen molar-refractivity contribution < 1.29 is 27.8 Å². The van der Waals surface area contributed by atoms with E-state index in [2.05, 4.69) is 0 Å². The fourth-order valence-electron chi connectivity index (χ4n) is 2.29. The van der Waals surface area contributed by atoms with Crippen LogP contribution < -0.4 is 0 Å². The van der Waals surface area contributed by atoms with Gasteiger partial charge in [-0.05, 0) is 25.8 Å². The predicted octanol–water partition coefficient (Wildman–Crippen LogP) is 2.28. The lowest BCUT2D eigenvalue weighted by molar-refractivity contribution is -0.197. The molecule has 0 aromatic rings. The summed E-state index contributed by atoms with van der Waals surface area (Å²) < 4.78 is 44.2. The first-order valence-electron chi connectivity index (χ1n) is 6.48. The van der Waals surface area contributed by atoms with Gasteiger partial charge in [0.25, 0.3) is 0 Å². The molecule has 1 saturated heterocycles. The van der Waals surface area contributed by atoms with Crippen LogP contribution in [-0.2, 0) is 9.53 Å². The first-order chi connectivity index (χ1) is 8.84. The minimum atomic E-state index is -4.52. The molecule has 0 radical (unpaired) electrons. The standard InChI is InChI=1S/C12H20F3NO3/c1-2-6-19-9-4-3-5-16(8-9)10(7-11(17)18)12(13,14)15/h9-10H,2-8H2,1H3,(H,17,18). The average molecular weight is 283 g/mol. The summed E-state index contributed by atoms with van der Waals surface area (Å²) in [5.74, 6) is -1.43. The second-order valence-electron chi connectivity index (χ2n) is 4.79. The van der Waals surface area contributed by atoms with E-state index in [0.717, 1.165) is 12.8 Å². The molecule has 1 aliphatic heterocycles. The number of hydrogen-bond acceptors (Lipinski definition) is 3. The van der Waals surface area contributed by atoms with Gasteiger partial charge in [-0.3, -0.25) is 9.69 Å². The molecule has 0 bridgehead atoms. The second kappa shape index (κ2) is 7.09. The molecule has 1 aliphatic rings. The number of aliphatic carboxylic acids is 1. The molecule has 0 aromatic carbocycles. The number of carboxylic acid groups (broad SMARTS) is 1. The number of carbonyl (C=O) groups is 1. The molecule has 1 heterocycles. The lowest BCUT2D eigenvalue weighted by atomic mass is 10.0. The molecule has 7 heteroatoms. The Morgan fingerprint density at radius 1 is 1.53 bits per heavy atom. The molecule has 0 aromatic heterocycles. The van der Waals surface area contributed by atoms with E-state index in [1.807, 2.05) is 6.92 Å². The van der Waals surface area contributed by atoms with Crippen molar-refractivity contribution in [1.82, 2.24) is 4.90 Å². The van der Waals surface area contributed by atoms with Gasteiger partial charge >= 0.3 is 12.1 Å². The van der Waals surface area contributed by atoms with Crippen molar-refractivity contribution >= 4 is 5.97 Å². The third-order valence-corrected chi connectivity index (χ3v) is 3.15. The number of hydrogen-bond donors (Lipinski definition) is 1. The topological polar surface area (TPSA) is 49.8 Å². The molecule has 0 amide bonds. The molecular formula is C12H20F3NO3. The summed E-state index contributed by atoms with van der Waals surface area (Å²) in [4.78, 5) is 11.8. The van der Waals surface area contributed by atoms with Gasteiger partial charge < -0.3 is 9.84 Å². The summed E-state index contributed by atoms with van der Waals surface area (Å²) in [7, 11) is 0. The first kappa shape index (κ1) is 16.2. The van der Waals surface area contributed by atoms with Crippen LogP contribution in [0.3, 0.4) is 0 Å². The van der Waals surface area contributed by atoms with E-state index in [1.54, 1.807) is 0 Å². The van der Waals surface area contributed by atoms with Gasteiger partial charge in [-0.1, -0.05) is 6.92 Å². The lowest BCUT2D eigenvalue weighted by Crippen LogP contribution is -2.52. The Bertz CT molecular complexity index is 296. The van der Waals surface area contributed by atoms with Crippen LogP contribution in [0.25, 0.3) is 0 Å². The minimum absolute atomic E-state index is 0.150. The lowest BCUT2D eigenvalue weighted by Gasteiger charge is -2.38. The van der Waals surface area contributed by atoms with Gasteiger partial charge in [0.05, 0.1) is 12.5 Å². The van der Waals surface area contributed by atoms with Crippen LogP contribution in [0.2, 0.25) is 0 Å². The normalized spacial score (nSPS) is 23.3. The van der Waals surface area contributed by atoms with Crippen molar-refractivity contribution in [1.29, 1.82) is 0 Å². The Labute approximate surface area is 110 Å². The fourth-order valence-corrected chi connectivity index (χ4v) is 2.29. The van der Waals surface area contributed by atoms with Crippen molar-refractivity contribution in [2.24, 2.45) is 0 Å². The summed E-state index contributed by atoms with van der Waals surface area (Å²) in [5, 5.41) is 8.63. The van der Waals surface area contributed by atoms with E-state index < -0.39 is 24.6 Å². The maximum Gasteiger partial charge on any atom is 0.404 e. The number of ether oxygens (including phenoxy) is 1. The number of likely N-dealkylation sites (tertiary alicyclic amines) is 1. The molecule has 2 atom stereocenters. The van der Waals surface area contributed by atoms with Gasteiger partial charge in [-0.15, -0.1) is 0 Å². The Kier molecular flexibility index (Phi) is 6.06. The summed E-state index contributed by atoms with van der Waals surface area (Å²) >= 11 is 0. The molecule has 0 saturated carbocycles. The molecule has 1 fully saturated rings. The van der Waals surface area contributed by atoms with Crippen LogP contribution in [0.1, 0.15) is 32.6 Å². The first-order valence-corrected chi connectivity index (χ1v) is 6.48. The van der Waals surface area contributed by atoms with E-state index >= 15 is 0 Å². The zero-order valence-electron chi connectivity index (χ0n) is 10.9. The van der Waals surface area contributed by atoms with Crippen molar-refractivity contribution in [3.8, 4) is 0 Å². The van der Waals surface area contributed by atoms with E-state index in [9.17, 15) is 18.0 Å². The molecule has 0 spiro atoms. The van der Waals surface area contributed by atoms with E-state index in [1.165, 1.54) is 4.90 Å². The van der Waals surface area contributed by atoms with Crippen molar-refractivity contribution in [2.45, 2.75) is 50.9 Å². The largest absolute Gasteiger partial charge is 0.481 e. The third kappa shape index (κ3) is 5.36. The van der Waals surface area contributed by atoms with Crippen LogP contribution in [0, 0.1) is 0 Å². The van der Waals surface area contributed by atoms with Gasteiger partial charge in [-0.2, -0.15) is 13.2 Å². The number of alkyl halides is 3. The molecule has 2 unspecified atom stereocenters. The average Bonchev–Trinajstić information content (AvgIpc) is 2.32.